The second kappa shape index (κ2) is 4.94. The van der Waals surface area contributed by atoms with Crippen LogP contribution in [0.5, 0.6) is 0 Å². The summed E-state index contributed by atoms with van der Waals surface area (Å²) in [6, 6.07) is 7.00. The van der Waals surface area contributed by atoms with Gasteiger partial charge in [0.25, 0.3) is 0 Å². The van der Waals surface area contributed by atoms with Crippen LogP contribution in [-0.2, 0) is 14.7 Å². The molecule has 2 nitrogen and oxygen atoms in total. The zero-order valence-electron chi connectivity index (χ0n) is 8.03. The summed E-state index contributed by atoms with van der Waals surface area (Å²) in [5.41, 5.74) is 1.19. The molecule has 0 aliphatic rings. The van der Waals surface area contributed by atoms with Crippen molar-refractivity contribution in [3.05, 3.63) is 29.8 Å². The van der Waals surface area contributed by atoms with Gasteiger partial charge in [0.2, 0.25) is 8.27 Å². The molecule has 1 aromatic carbocycles. The fourth-order valence-electron chi connectivity index (χ4n) is 1.20. The van der Waals surface area contributed by atoms with Crippen LogP contribution in [0, 0.1) is 0 Å². The highest BCUT2D eigenvalue weighted by atomic mass is 79.9. The molecule has 78 valence electrons. The zero-order valence-corrected chi connectivity index (χ0v) is 10.4. The summed E-state index contributed by atoms with van der Waals surface area (Å²) in [5.74, 6) is 0. The van der Waals surface area contributed by atoms with Gasteiger partial charge in [-0.1, -0.05) is 25.5 Å². The predicted octanol–water partition coefficient (Wildman–Crippen LogP) is 3.11. The Hall–Kier alpha value is -0.350. The van der Waals surface area contributed by atoms with Crippen LogP contribution in [0.1, 0.15) is 25.3 Å². The largest absolute Gasteiger partial charge is 0.237 e. The maximum atomic E-state index is 11.1. The lowest BCUT2D eigenvalue weighted by Crippen LogP contribution is -1.91. The van der Waals surface area contributed by atoms with Gasteiger partial charge < -0.3 is 0 Å². The van der Waals surface area contributed by atoms with Crippen LogP contribution in [-0.4, -0.2) is 8.42 Å². The molecule has 0 atom stereocenters. The van der Waals surface area contributed by atoms with Crippen molar-refractivity contribution < 1.29 is 8.42 Å². The first kappa shape index (κ1) is 11.7. The number of hydrogen-bond donors (Lipinski definition) is 0. The van der Waals surface area contributed by atoms with Crippen LogP contribution in [0.2, 0.25) is 0 Å². The SMILES string of the molecule is CCCCc1ccc(S(=O)(=O)Br)cc1. The van der Waals surface area contributed by atoms with E-state index < -0.39 is 8.27 Å². The molecule has 0 bridgehead atoms. The smallest absolute Gasteiger partial charge is 0.212 e. The van der Waals surface area contributed by atoms with E-state index in [4.69, 9.17) is 0 Å². The highest BCUT2D eigenvalue weighted by molar-refractivity contribution is 9.47. The molecule has 0 aliphatic carbocycles. The lowest BCUT2D eigenvalue weighted by atomic mass is 10.1. The lowest BCUT2D eigenvalue weighted by molar-refractivity contribution is 0.611. The first-order valence-corrected chi connectivity index (χ1v) is 7.90. The summed E-state index contributed by atoms with van der Waals surface area (Å²) >= 11 is 2.64. The van der Waals surface area contributed by atoms with Crippen LogP contribution >= 0.6 is 14.8 Å². The van der Waals surface area contributed by atoms with Crippen molar-refractivity contribution in [1.29, 1.82) is 0 Å². The molecule has 0 radical (unpaired) electrons. The number of aryl methyl sites for hydroxylation is 1. The molecule has 0 unspecified atom stereocenters. The molecule has 0 fully saturated rings. The van der Waals surface area contributed by atoms with Gasteiger partial charge in [-0.05, 0) is 30.5 Å². The first-order chi connectivity index (χ1) is 6.54. The third-order valence-corrected chi connectivity index (χ3v) is 3.98. The normalized spacial score (nSPS) is 11.6. The molecule has 0 spiro atoms. The minimum atomic E-state index is -3.23. The Morgan fingerprint density at radius 2 is 1.79 bits per heavy atom. The van der Waals surface area contributed by atoms with E-state index in [2.05, 4.69) is 21.7 Å². The molecular weight excluding hydrogens is 264 g/mol. The molecule has 0 saturated heterocycles. The van der Waals surface area contributed by atoms with Gasteiger partial charge in [-0.2, -0.15) is 0 Å². The van der Waals surface area contributed by atoms with Gasteiger partial charge in [0, 0.05) is 0 Å². The van der Waals surface area contributed by atoms with Gasteiger partial charge in [0.15, 0.2) is 0 Å². The fraction of sp³-hybridized carbons (Fsp3) is 0.400. The molecule has 14 heavy (non-hydrogen) atoms. The minimum absolute atomic E-state index is 0.317. The van der Waals surface area contributed by atoms with Gasteiger partial charge in [0.1, 0.15) is 0 Å². The highest BCUT2D eigenvalue weighted by Crippen LogP contribution is 2.17. The van der Waals surface area contributed by atoms with E-state index in [-0.39, 0.29) is 0 Å². The fourth-order valence-corrected chi connectivity index (χ4v) is 2.31. The summed E-state index contributed by atoms with van der Waals surface area (Å²) < 4.78 is 22.1. The highest BCUT2D eigenvalue weighted by Gasteiger charge is 2.07. The van der Waals surface area contributed by atoms with Gasteiger partial charge in [-0.25, -0.2) is 8.42 Å². The maximum absolute atomic E-state index is 11.1. The van der Waals surface area contributed by atoms with Crippen LogP contribution in [0.3, 0.4) is 0 Å². The molecule has 1 aromatic rings. The second-order valence-corrected chi connectivity index (χ2v) is 7.09. The number of benzene rings is 1. The monoisotopic (exact) mass is 276 g/mol. The Bertz CT molecular complexity index is 381. The molecule has 0 saturated carbocycles. The van der Waals surface area contributed by atoms with Gasteiger partial charge in [-0.15, -0.1) is 0 Å². The molecule has 1 rings (SSSR count). The van der Waals surface area contributed by atoms with Crippen molar-refractivity contribution in [2.45, 2.75) is 31.1 Å². The van der Waals surface area contributed by atoms with Crippen molar-refractivity contribution in [3.8, 4) is 0 Å². The summed E-state index contributed by atoms with van der Waals surface area (Å²) in [6.07, 6.45) is 3.30. The Morgan fingerprint density at radius 3 is 2.21 bits per heavy atom. The third-order valence-electron chi connectivity index (χ3n) is 2.02. The van der Waals surface area contributed by atoms with E-state index in [0.717, 1.165) is 19.3 Å². The van der Waals surface area contributed by atoms with E-state index in [1.807, 2.05) is 12.1 Å². The molecule has 4 heteroatoms. The second-order valence-electron chi connectivity index (χ2n) is 3.19. The predicted molar refractivity (Wildman–Crippen MR) is 61.2 cm³/mol. The summed E-state index contributed by atoms with van der Waals surface area (Å²) in [4.78, 5) is 0.317. The Morgan fingerprint density at radius 1 is 1.21 bits per heavy atom. The zero-order chi connectivity index (χ0) is 10.6. The number of unbranched alkanes of at least 4 members (excludes halogenated alkanes) is 1. The van der Waals surface area contributed by atoms with Gasteiger partial charge in [0.05, 0.1) is 19.7 Å². The average Bonchev–Trinajstić information content (AvgIpc) is 2.14. The lowest BCUT2D eigenvalue weighted by Gasteiger charge is -2.00. The average molecular weight is 277 g/mol. The molecule has 0 aliphatic heterocycles. The summed E-state index contributed by atoms with van der Waals surface area (Å²) in [5, 5.41) is 0. The van der Waals surface area contributed by atoms with Crippen molar-refractivity contribution in [1.82, 2.24) is 0 Å². The van der Waals surface area contributed by atoms with Crippen molar-refractivity contribution in [2.75, 3.05) is 0 Å². The number of hydrogen-bond acceptors (Lipinski definition) is 2. The Labute approximate surface area is 92.5 Å². The third kappa shape index (κ3) is 3.42. The summed E-state index contributed by atoms with van der Waals surface area (Å²) in [7, 11) is -3.23. The maximum Gasteiger partial charge on any atom is 0.237 e. The Balaban J connectivity index is 2.79. The van der Waals surface area contributed by atoms with Gasteiger partial charge in [-0.3, -0.25) is 0 Å². The Kier molecular flexibility index (Phi) is 4.13. The number of halogens is 1. The van der Waals surface area contributed by atoms with Crippen LogP contribution < -0.4 is 0 Å². The van der Waals surface area contributed by atoms with E-state index in [9.17, 15) is 8.42 Å². The van der Waals surface area contributed by atoms with Crippen molar-refractivity contribution in [2.24, 2.45) is 0 Å². The van der Waals surface area contributed by atoms with E-state index in [1.165, 1.54) is 5.56 Å². The standard InChI is InChI=1S/C10H13BrO2S/c1-2-3-4-9-5-7-10(8-6-9)14(11,12)13/h5-8H,2-4H2,1H3. The minimum Gasteiger partial charge on any atom is -0.212 e. The molecule has 0 amide bonds. The summed E-state index contributed by atoms with van der Waals surface area (Å²) in [6.45, 7) is 2.14. The van der Waals surface area contributed by atoms with Gasteiger partial charge >= 0.3 is 0 Å². The quantitative estimate of drug-likeness (QED) is 0.792. The van der Waals surface area contributed by atoms with Crippen molar-refractivity contribution >= 4 is 23.1 Å². The molecule has 0 N–H and O–H groups in total. The van der Waals surface area contributed by atoms with E-state index in [0.29, 0.717) is 4.90 Å². The molecule has 0 aromatic heterocycles. The first-order valence-electron chi connectivity index (χ1n) is 4.57. The topological polar surface area (TPSA) is 34.1 Å². The molecule has 0 heterocycles. The van der Waals surface area contributed by atoms with Crippen molar-refractivity contribution in [3.63, 3.8) is 0 Å². The van der Waals surface area contributed by atoms with E-state index in [1.54, 1.807) is 12.1 Å². The molecular formula is C10H13BrO2S. The number of rotatable bonds is 4. The van der Waals surface area contributed by atoms with Crippen LogP contribution in [0.25, 0.3) is 0 Å². The van der Waals surface area contributed by atoms with E-state index >= 15 is 0 Å². The van der Waals surface area contributed by atoms with Crippen LogP contribution in [0.4, 0.5) is 0 Å². The van der Waals surface area contributed by atoms with Crippen LogP contribution in [0.15, 0.2) is 29.2 Å².